The fourth-order valence-electron chi connectivity index (χ4n) is 0. The maximum atomic E-state index is 8.89. The number of carboxylic acid groups (broad SMARTS) is 3. The van der Waals surface area contributed by atoms with E-state index in [0.29, 0.717) is 0 Å². The molecule has 0 rings (SSSR count). The van der Waals surface area contributed by atoms with Gasteiger partial charge in [-0.15, -0.1) is 0 Å². The van der Waals surface area contributed by atoms with Crippen LogP contribution in [0.5, 0.6) is 0 Å². The second-order valence-corrected chi connectivity index (χ2v) is 1.18. The third-order valence-corrected chi connectivity index (χ3v) is 0. The Bertz CT molecular complexity index is 149. The van der Waals surface area contributed by atoms with Crippen molar-refractivity contribution in [1.29, 1.82) is 4.20 Å². The molecule has 0 heterocycles. The van der Waals surface area contributed by atoms with Crippen LogP contribution in [0.2, 0.25) is 0 Å². The van der Waals surface area contributed by atoms with Crippen LogP contribution in [-0.4, -0.2) is 33.2 Å². The van der Waals surface area contributed by atoms with Crippen LogP contribution in [0.1, 0.15) is 0 Å². The van der Waals surface area contributed by atoms with Crippen molar-refractivity contribution in [3.63, 3.8) is 0 Å². The zero-order valence-corrected chi connectivity index (χ0v) is 8.09. The number of hydrogen-bond donors (Lipinski definition) is 3. The fourth-order valence-corrected chi connectivity index (χ4v) is 0. The van der Waals surface area contributed by atoms with Gasteiger partial charge in [0.25, 0.3) is 0 Å². The zero-order chi connectivity index (χ0) is 12.7. The van der Waals surface area contributed by atoms with Gasteiger partial charge in [0.15, 0.2) is 17.9 Å². The Morgan fingerprint density at radius 1 is 0.786 bits per heavy atom. The van der Waals surface area contributed by atoms with Gasteiger partial charge in [-0.2, -0.15) is 0 Å². The van der Waals surface area contributed by atoms with Crippen LogP contribution in [0.4, 0.5) is 0 Å². The van der Waals surface area contributed by atoms with Gasteiger partial charge in [0, 0.05) is 0 Å². The van der Waals surface area contributed by atoms with Crippen molar-refractivity contribution < 1.29 is 45.3 Å². The van der Waals surface area contributed by atoms with Crippen LogP contribution in [0, 0.1) is 25.0 Å². The summed E-state index contributed by atoms with van der Waals surface area (Å²) in [6.45, 7) is 7.67. The Morgan fingerprint density at radius 2 is 0.786 bits per heavy atom. The summed E-state index contributed by atoms with van der Waals surface area (Å²) >= 11 is 2.25. The summed E-state index contributed by atoms with van der Waals surface area (Å²) in [4.78, 5) is 26.7. The maximum absolute atomic E-state index is 8.89. The van der Waals surface area contributed by atoms with Gasteiger partial charge >= 0.3 is 19.8 Å². The van der Waals surface area contributed by atoms with Gasteiger partial charge in [0.05, 0.1) is 0 Å². The van der Waals surface area contributed by atoms with Crippen LogP contribution in [0.25, 0.3) is 0 Å². The number of carboxylic acids is 3. The first-order chi connectivity index (χ1) is 6.20. The van der Waals surface area contributed by atoms with E-state index >= 15 is 0 Å². The SMILES string of the molecule is [CH2-]C(=O)O.[CH2-]C(=O)O.[CH2-]C(=O)O.[N]#[Fe]. The Labute approximate surface area is 88.8 Å². The summed E-state index contributed by atoms with van der Waals surface area (Å²) in [5.74, 6) is -3.25. The van der Waals surface area contributed by atoms with E-state index in [2.05, 4.69) is 36.4 Å². The van der Waals surface area contributed by atoms with E-state index in [9.17, 15) is 0 Å². The standard InChI is InChI=1S/3C2H3O2.Fe.N/c3*1-2(3)4;;/h3*1H2,(H,3,4);;/q3*-1;;. The van der Waals surface area contributed by atoms with Gasteiger partial charge in [0.2, 0.25) is 0 Å². The van der Waals surface area contributed by atoms with E-state index in [0.717, 1.165) is 0 Å². The molecule has 0 radical (unpaired) electrons. The van der Waals surface area contributed by atoms with Crippen LogP contribution in [-0.2, 0) is 30.0 Å². The van der Waals surface area contributed by atoms with E-state index in [4.69, 9.17) is 33.9 Å². The Balaban J connectivity index is -0.0000000492. The van der Waals surface area contributed by atoms with Gasteiger partial charge in [-0.3, -0.25) is 35.2 Å². The number of rotatable bonds is 0. The molecule has 0 aliphatic rings. The van der Waals surface area contributed by atoms with E-state index in [1.54, 1.807) is 0 Å². The Kier molecular flexibility index (Phi) is 36.6. The molecule has 0 aliphatic heterocycles. The van der Waals surface area contributed by atoms with Gasteiger partial charge < -0.3 is 15.3 Å². The summed E-state index contributed by atoms with van der Waals surface area (Å²) in [5, 5.41) is 21.9. The van der Waals surface area contributed by atoms with Crippen molar-refractivity contribution in [3.8, 4) is 0 Å². The summed E-state index contributed by atoms with van der Waals surface area (Å²) in [5.41, 5.74) is 0. The normalized spacial score (nSPS) is 5.36. The van der Waals surface area contributed by atoms with Crippen molar-refractivity contribution in [2.45, 2.75) is 0 Å². The van der Waals surface area contributed by atoms with Crippen molar-refractivity contribution in [3.05, 3.63) is 20.8 Å². The van der Waals surface area contributed by atoms with Gasteiger partial charge in [0.1, 0.15) is 0 Å². The molecule has 0 aromatic rings. The molecule has 0 spiro atoms. The number of nitrogens with zero attached hydrogens (tertiary/aromatic N) is 1. The first-order valence-corrected chi connectivity index (χ1v) is 3.00. The fraction of sp³-hybridized carbons (Fsp3) is 0. The molecule has 8 heteroatoms. The molecule has 3 N–H and O–H groups in total. The summed E-state index contributed by atoms with van der Waals surface area (Å²) in [6, 6.07) is 0. The average molecular weight is 247 g/mol. The third kappa shape index (κ3) is 286. The van der Waals surface area contributed by atoms with Gasteiger partial charge in [-0.05, 0) is 0 Å². The molecule has 14 heavy (non-hydrogen) atoms. The number of carbonyl (C=O) groups is 3. The predicted octanol–water partition coefficient (Wildman–Crippen LogP) is -0.272. The predicted molar refractivity (Wildman–Crippen MR) is 40.7 cm³/mol. The Hall–Kier alpha value is -1.75. The second kappa shape index (κ2) is 22.5. The van der Waals surface area contributed by atoms with E-state index in [-0.39, 0.29) is 0 Å². The molecular weight excluding hydrogens is 238 g/mol. The quantitative estimate of drug-likeness (QED) is 0.395. The summed E-state index contributed by atoms with van der Waals surface area (Å²) in [7, 11) is 0. The molecular formula is C6H9FeNO6-3. The van der Waals surface area contributed by atoms with Crippen LogP contribution in [0.3, 0.4) is 0 Å². The van der Waals surface area contributed by atoms with E-state index in [1.807, 2.05) is 0 Å². The second-order valence-electron chi connectivity index (χ2n) is 1.18. The summed E-state index contributed by atoms with van der Waals surface area (Å²) < 4.78 is 6.75. The minimum absolute atomic E-state index is 1.08. The first-order valence-electron chi connectivity index (χ1n) is 2.50. The van der Waals surface area contributed by atoms with E-state index in [1.165, 1.54) is 0 Å². The van der Waals surface area contributed by atoms with Crippen LogP contribution >= 0.6 is 0 Å². The van der Waals surface area contributed by atoms with Crippen molar-refractivity contribution in [2.75, 3.05) is 0 Å². The molecule has 0 bridgehead atoms. The van der Waals surface area contributed by atoms with Gasteiger partial charge in [-0.1, -0.05) is 0 Å². The summed E-state index contributed by atoms with van der Waals surface area (Å²) in [6.07, 6.45) is 0. The Morgan fingerprint density at radius 3 is 0.786 bits per heavy atom. The molecule has 0 saturated heterocycles. The number of aliphatic carboxylic acids is 3. The topological polar surface area (TPSA) is 136 Å². The molecule has 0 saturated carbocycles. The van der Waals surface area contributed by atoms with E-state index < -0.39 is 17.9 Å². The molecule has 0 amide bonds. The molecule has 0 unspecified atom stereocenters. The molecule has 0 aromatic heterocycles. The minimum atomic E-state index is -1.08. The zero-order valence-electron chi connectivity index (χ0n) is 6.99. The van der Waals surface area contributed by atoms with Crippen molar-refractivity contribution in [2.24, 2.45) is 0 Å². The molecule has 7 nitrogen and oxygen atoms in total. The molecule has 0 atom stereocenters. The van der Waals surface area contributed by atoms with Crippen molar-refractivity contribution in [1.82, 2.24) is 0 Å². The van der Waals surface area contributed by atoms with Crippen LogP contribution in [0.15, 0.2) is 0 Å². The van der Waals surface area contributed by atoms with Gasteiger partial charge in [-0.25, -0.2) is 0 Å². The molecule has 0 fully saturated rings. The third-order valence-electron chi connectivity index (χ3n) is 0. The molecule has 85 valence electrons. The molecule has 0 aliphatic carbocycles. The monoisotopic (exact) mass is 247 g/mol. The first kappa shape index (κ1) is 22.8. The number of hydrogen-bond acceptors (Lipinski definition) is 4. The van der Waals surface area contributed by atoms with Crippen molar-refractivity contribution >= 4 is 17.9 Å². The van der Waals surface area contributed by atoms with Crippen LogP contribution < -0.4 is 0 Å². The average Bonchev–Trinajstić information content (AvgIpc) is 1.86. The molecule has 0 aromatic carbocycles.